The van der Waals surface area contributed by atoms with Gasteiger partial charge in [-0.25, -0.2) is 0 Å². The van der Waals surface area contributed by atoms with Crippen LogP contribution in [0.3, 0.4) is 0 Å². The predicted octanol–water partition coefficient (Wildman–Crippen LogP) is 3.51. The molecule has 1 N–H and O–H groups in total. The Bertz CT molecular complexity index is 483. The van der Waals surface area contributed by atoms with Gasteiger partial charge in [0.15, 0.2) is 0 Å². The summed E-state index contributed by atoms with van der Waals surface area (Å²) in [5, 5.41) is 4.48. The highest BCUT2D eigenvalue weighted by atomic mass is 35.5. The molecule has 1 fully saturated rings. The average Bonchev–Trinajstić information content (AvgIpc) is 2.82. The molecule has 1 aromatic carbocycles. The molecule has 0 radical (unpaired) electrons. The molecule has 2 atom stereocenters. The van der Waals surface area contributed by atoms with Gasteiger partial charge in [0.1, 0.15) is 5.54 Å². The largest absolute Gasteiger partial charge is 0.468 e. The van der Waals surface area contributed by atoms with Gasteiger partial charge in [-0.3, -0.25) is 4.79 Å². The lowest BCUT2D eigenvalue weighted by Gasteiger charge is -2.27. The summed E-state index contributed by atoms with van der Waals surface area (Å²) in [4.78, 5) is 13.2. The molecule has 5 heteroatoms. The quantitative estimate of drug-likeness (QED) is 0.844. The Kier molecular flexibility index (Phi) is 5.35. The van der Waals surface area contributed by atoms with Crippen molar-refractivity contribution < 1.29 is 9.53 Å². The predicted molar refractivity (Wildman–Crippen MR) is 83.4 cm³/mol. The number of ether oxygens (including phenoxy) is 1. The van der Waals surface area contributed by atoms with E-state index in [9.17, 15) is 4.79 Å². The van der Waals surface area contributed by atoms with Crippen LogP contribution in [0, 0.1) is 0 Å². The Morgan fingerprint density at radius 1 is 1.60 bits per heavy atom. The summed E-state index contributed by atoms with van der Waals surface area (Å²) in [6.45, 7) is 2.78. The third-order valence-electron chi connectivity index (χ3n) is 3.66. The van der Waals surface area contributed by atoms with Crippen molar-refractivity contribution in [1.82, 2.24) is 5.32 Å². The zero-order valence-electron chi connectivity index (χ0n) is 11.8. The maximum Gasteiger partial charge on any atom is 0.326 e. The summed E-state index contributed by atoms with van der Waals surface area (Å²) >= 11 is 7.80. The highest BCUT2D eigenvalue weighted by Gasteiger charge is 2.45. The molecule has 1 aliphatic carbocycles. The molecule has 2 unspecified atom stereocenters. The number of nitrogens with one attached hydrogen (secondary N) is 1. The van der Waals surface area contributed by atoms with Crippen LogP contribution in [-0.4, -0.2) is 30.4 Å². The molecule has 0 heterocycles. The van der Waals surface area contributed by atoms with Crippen LogP contribution in [0.25, 0.3) is 0 Å². The fraction of sp³-hybridized carbons (Fsp3) is 0.533. The van der Waals surface area contributed by atoms with Gasteiger partial charge in [0.25, 0.3) is 0 Å². The van der Waals surface area contributed by atoms with E-state index < -0.39 is 5.54 Å². The number of hydrogen-bond acceptors (Lipinski definition) is 4. The third kappa shape index (κ3) is 3.48. The van der Waals surface area contributed by atoms with Crippen molar-refractivity contribution in [3.8, 4) is 0 Å². The van der Waals surface area contributed by atoms with Gasteiger partial charge < -0.3 is 10.1 Å². The topological polar surface area (TPSA) is 38.3 Å². The van der Waals surface area contributed by atoms with E-state index in [4.69, 9.17) is 16.3 Å². The van der Waals surface area contributed by atoms with E-state index in [0.29, 0.717) is 5.25 Å². The van der Waals surface area contributed by atoms with Crippen LogP contribution in [0.15, 0.2) is 29.2 Å². The van der Waals surface area contributed by atoms with Crippen molar-refractivity contribution >= 4 is 29.3 Å². The zero-order valence-corrected chi connectivity index (χ0v) is 13.4. The van der Waals surface area contributed by atoms with E-state index in [-0.39, 0.29) is 5.97 Å². The molecule has 0 amide bonds. The highest BCUT2D eigenvalue weighted by molar-refractivity contribution is 8.00. The molecule has 20 heavy (non-hydrogen) atoms. The zero-order chi connectivity index (χ0) is 14.6. The number of thioether (sulfide) groups is 1. The standard InChI is InChI=1S/C15H20ClNO2S/c1-3-17-15(14(18)19-2)8-7-13(10-15)20-12-6-4-5-11(16)9-12/h4-6,9,13,17H,3,7-8,10H2,1-2H3. The Balaban J connectivity index is 2.05. The van der Waals surface area contributed by atoms with E-state index in [2.05, 4.69) is 11.4 Å². The second-order valence-corrected chi connectivity index (χ2v) is 6.85. The number of methoxy groups -OCH3 is 1. The molecule has 0 saturated heterocycles. The second-order valence-electron chi connectivity index (χ2n) is 5.04. The molecular formula is C15H20ClNO2S. The highest BCUT2D eigenvalue weighted by Crippen LogP contribution is 2.41. The fourth-order valence-corrected chi connectivity index (χ4v) is 4.38. The van der Waals surface area contributed by atoms with Crippen LogP contribution >= 0.6 is 23.4 Å². The van der Waals surface area contributed by atoms with Crippen LogP contribution < -0.4 is 5.32 Å². The van der Waals surface area contributed by atoms with Gasteiger partial charge in [-0.15, -0.1) is 11.8 Å². The lowest BCUT2D eigenvalue weighted by molar-refractivity contribution is -0.148. The smallest absolute Gasteiger partial charge is 0.326 e. The monoisotopic (exact) mass is 313 g/mol. The maximum absolute atomic E-state index is 12.1. The Morgan fingerprint density at radius 2 is 2.40 bits per heavy atom. The molecule has 0 aromatic heterocycles. The normalized spacial score (nSPS) is 25.6. The van der Waals surface area contributed by atoms with Crippen molar-refractivity contribution in [3.05, 3.63) is 29.3 Å². The van der Waals surface area contributed by atoms with Crippen LogP contribution in [0.2, 0.25) is 5.02 Å². The van der Waals surface area contributed by atoms with Gasteiger partial charge in [0, 0.05) is 15.2 Å². The number of benzene rings is 1. The summed E-state index contributed by atoms with van der Waals surface area (Å²) in [7, 11) is 1.46. The van der Waals surface area contributed by atoms with Crippen molar-refractivity contribution in [2.75, 3.05) is 13.7 Å². The third-order valence-corrected chi connectivity index (χ3v) is 5.16. The average molecular weight is 314 g/mol. The molecule has 0 aliphatic heterocycles. The molecule has 3 nitrogen and oxygen atoms in total. The summed E-state index contributed by atoms with van der Waals surface area (Å²) < 4.78 is 4.98. The van der Waals surface area contributed by atoms with Crippen molar-refractivity contribution in [2.24, 2.45) is 0 Å². The number of hydrogen-bond donors (Lipinski definition) is 1. The van der Waals surface area contributed by atoms with E-state index in [1.807, 2.05) is 25.1 Å². The van der Waals surface area contributed by atoms with Crippen LogP contribution in [0.4, 0.5) is 0 Å². The summed E-state index contributed by atoms with van der Waals surface area (Å²) in [6, 6.07) is 7.86. The van der Waals surface area contributed by atoms with E-state index in [1.54, 1.807) is 11.8 Å². The lowest BCUT2D eigenvalue weighted by atomic mass is 9.98. The minimum Gasteiger partial charge on any atom is -0.468 e. The number of esters is 1. The number of halogens is 1. The van der Waals surface area contributed by atoms with Crippen molar-refractivity contribution in [1.29, 1.82) is 0 Å². The molecule has 1 saturated carbocycles. The number of carbonyl (C=O) groups is 1. The van der Waals surface area contributed by atoms with Crippen molar-refractivity contribution in [2.45, 2.75) is 41.9 Å². The molecule has 1 aromatic rings. The first-order chi connectivity index (χ1) is 9.59. The minimum atomic E-state index is -0.514. The Morgan fingerprint density at radius 3 is 3.05 bits per heavy atom. The van der Waals surface area contributed by atoms with Crippen LogP contribution in [0.5, 0.6) is 0 Å². The van der Waals surface area contributed by atoms with Gasteiger partial charge in [-0.05, 0) is 44.0 Å². The minimum absolute atomic E-state index is 0.145. The summed E-state index contributed by atoms with van der Waals surface area (Å²) in [5.74, 6) is -0.145. The molecule has 110 valence electrons. The van der Waals surface area contributed by atoms with Gasteiger partial charge in [0.2, 0.25) is 0 Å². The van der Waals surface area contributed by atoms with Crippen LogP contribution in [-0.2, 0) is 9.53 Å². The molecular weight excluding hydrogens is 294 g/mol. The lowest BCUT2D eigenvalue weighted by Crippen LogP contribution is -2.50. The molecule has 2 rings (SSSR count). The second kappa shape index (κ2) is 6.83. The SMILES string of the molecule is CCNC1(C(=O)OC)CCC(Sc2cccc(Cl)c2)C1. The van der Waals surface area contributed by atoms with Gasteiger partial charge in [-0.2, -0.15) is 0 Å². The first-order valence-corrected chi connectivity index (χ1v) is 8.11. The fourth-order valence-electron chi connectivity index (χ4n) is 2.79. The number of carbonyl (C=O) groups excluding carboxylic acids is 1. The van der Waals surface area contributed by atoms with Crippen molar-refractivity contribution in [3.63, 3.8) is 0 Å². The summed E-state index contributed by atoms with van der Waals surface area (Å²) in [6.07, 6.45) is 2.62. The van der Waals surface area contributed by atoms with Crippen LogP contribution in [0.1, 0.15) is 26.2 Å². The van der Waals surface area contributed by atoms with Gasteiger partial charge >= 0.3 is 5.97 Å². The van der Waals surface area contributed by atoms with E-state index in [0.717, 1.165) is 35.7 Å². The van der Waals surface area contributed by atoms with E-state index in [1.165, 1.54) is 7.11 Å². The van der Waals surface area contributed by atoms with Gasteiger partial charge in [-0.1, -0.05) is 24.6 Å². The molecule has 0 bridgehead atoms. The maximum atomic E-state index is 12.1. The summed E-state index contributed by atoms with van der Waals surface area (Å²) in [5.41, 5.74) is -0.514. The first kappa shape index (κ1) is 15.7. The first-order valence-electron chi connectivity index (χ1n) is 6.85. The van der Waals surface area contributed by atoms with E-state index >= 15 is 0 Å². The number of likely N-dealkylation sites (N-methyl/N-ethyl adjacent to an activating group) is 1. The molecule has 0 spiro atoms. The van der Waals surface area contributed by atoms with Gasteiger partial charge in [0.05, 0.1) is 7.11 Å². The number of rotatable bonds is 5. The molecule has 1 aliphatic rings. The Hall–Kier alpha value is -0.710. The Labute approximate surface area is 129 Å².